The lowest BCUT2D eigenvalue weighted by Crippen LogP contribution is -2.33. The minimum atomic E-state index is -0.152. The zero-order valence-corrected chi connectivity index (χ0v) is 10.4. The average Bonchev–Trinajstić information content (AvgIpc) is 2.79. The van der Waals surface area contributed by atoms with Crippen molar-refractivity contribution in [2.24, 2.45) is 0 Å². The quantitative estimate of drug-likeness (QED) is 0.619. The second kappa shape index (κ2) is 7.63. The summed E-state index contributed by atoms with van der Waals surface area (Å²) in [4.78, 5) is 13.3. The summed E-state index contributed by atoms with van der Waals surface area (Å²) in [5, 5.41) is 0. The first-order valence-electron chi connectivity index (χ1n) is 6.17. The van der Waals surface area contributed by atoms with E-state index in [0.29, 0.717) is 12.6 Å². The lowest BCUT2D eigenvalue weighted by Gasteiger charge is -2.21. The molecule has 0 aromatic rings. The molecule has 4 heteroatoms. The summed E-state index contributed by atoms with van der Waals surface area (Å²) in [5.74, 6) is -0.152. The smallest absolute Gasteiger partial charge is 0.319 e. The number of rotatable bonds is 7. The Labute approximate surface area is 97.9 Å². The Hall–Kier alpha value is -0.610. The Kier molecular flexibility index (Phi) is 6.42. The molecule has 94 valence electrons. The number of methoxy groups -OCH3 is 1. The molecule has 1 unspecified atom stereocenters. The Morgan fingerprint density at radius 2 is 2.31 bits per heavy atom. The van der Waals surface area contributed by atoms with Crippen molar-refractivity contribution in [2.45, 2.75) is 38.7 Å². The van der Waals surface area contributed by atoms with Crippen molar-refractivity contribution < 1.29 is 14.3 Å². The van der Waals surface area contributed by atoms with Crippen LogP contribution in [0.5, 0.6) is 0 Å². The number of nitrogens with zero attached hydrogens (tertiary/aromatic N) is 1. The zero-order chi connectivity index (χ0) is 11.8. The van der Waals surface area contributed by atoms with Gasteiger partial charge in [-0.15, -0.1) is 0 Å². The number of esters is 1. The van der Waals surface area contributed by atoms with Gasteiger partial charge in [-0.25, -0.2) is 0 Å². The minimum Gasteiger partial charge on any atom is -0.468 e. The molecule has 4 nitrogen and oxygen atoms in total. The summed E-state index contributed by atoms with van der Waals surface area (Å²) in [6.45, 7) is 5.29. The molecule has 1 fully saturated rings. The Morgan fingerprint density at radius 1 is 1.50 bits per heavy atom. The van der Waals surface area contributed by atoms with Crippen LogP contribution in [0, 0.1) is 0 Å². The van der Waals surface area contributed by atoms with Gasteiger partial charge >= 0.3 is 5.97 Å². The van der Waals surface area contributed by atoms with Crippen LogP contribution < -0.4 is 0 Å². The van der Waals surface area contributed by atoms with Crippen molar-refractivity contribution in [3.63, 3.8) is 0 Å². The molecule has 0 radical (unpaired) electrons. The van der Waals surface area contributed by atoms with E-state index >= 15 is 0 Å². The second-order valence-electron chi connectivity index (χ2n) is 4.28. The monoisotopic (exact) mass is 229 g/mol. The molecule has 1 atom stereocenters. The van der Waals surface area contributed by atoms with Crippen LogP contribution in [0.25, 0.3) is 0 Å². The van der Waals surface area contributed by atoms with Crippen LogP contribution in [0.1, 0.15) is 32.6 Å². The van der Waals surface area contributed by atoms with Gasteiger partial charge in [0.1, 0.15) is 0 Å². The number of carbonyl (C=O) groups is 1. The van der Waals surface area contributed by atoms with Crippen LogP contribution in [0.15, 0.2) is 0 Å². The van der Waals surface area contributed by atoms with Crippen molar-refractivity contribution in [3.05, 3.63) is 0 Å². The van der Waals surface area contributed by atoms with E-state index < -0.39 is 0 Å². The van der Waals surface area contributed by atoms with Gasteiger partial charge in [-0.1, -0.05) is 6.92 Å². The summed E-state index contributed by atoms with van der Waals surface area (Å²) in [6.07, 6.45) is 4.82. The number of carbonyl (C=O) groups excluding carboxylic acids is 1. The van der Waals surface area contributed by atoms with Gasteiger partial charge in [-0.3, -0.25) is 9.69 Å². The van der Waals surface area contributed by atoms with Gasteiger partial charge in [0.2, 0.25) is 0 Å². The number of hydrogen-bond acceptors (Lipinski definition) is 4. The number of ether oxygens (including phenoxy) is 2. The minimum absolute atomic E-state index is 0.152. The molecule has 0 aliphatic carbocycles. The molecule has 16 heavy (non-hydrogen) atoms. The summed E-state index contributed by atoms with van der Waals surface area (Å²) in [5.41, 5.74) is 0. The zero-order valence-electron chi connectivity index (χ0n) is 10.4. The third-order valence-corrected chi connectivity index (χ3v) is 2.91. The third kappa shape index (κ3) is 4.94. The van der Waals surface area contributed by atoms with Crippen molar-refractivity contribution in [3.8, 4) is 0 Å². The van der Waals surface area contributed by atoms with Crippen LogP contribution in [-0.2, 0) is 14.3 Å². The molecule has 1 aliphatic heterocycles. The van der Waals surface area contributed by atoms with Gasteiger partial charge in [-0.05, 0) is 32.2 Å². The van der Waals surface area contributed by atoms with Gasteiger partial charge in [0, 0.05) is 13.2 Å². The first-order valence-corrected chi connectivity index (χ1v) is 6.17. The molecular weight excluding hydrogens is 206 g/mol. The molecule has 0 spiro atoms. The predicted molar refractivity (Wildman–Crippen MR) is 62.3 cm³/mol. The normalized spacial score (nSPS) is 20.3. The van der Waals surface area contributed by atoms with Crippen molar-refractivity contribution >= 4 is 5.97 Å². The standard InChI is InChI=1S/C12H23NO3/c1-3-7-13(10-12(14)15-2)8-6-11-5-4-9-16-11/h11H,3-10H2,1-2H3. The highest BCUT2D eigenvalue weighted by Crippen LogP contribution is 2.15. The molecule has 0 N–H and O–H groups in total. The van der Waals surface area contributed by atoms with E-state index in [1.54, 1.807) is 0 Å². The van der Waals surface area contributed by atoms with Crippen LogP contribution in [0.4, 0.5) is 0 Å². The highest BCUT2D eigenvalue weighted by atomic mass is 16.5. The van der Waals surface area contributed by atoms with Crippen LogP contribution in [0.3, 0.4) is 0 Å². The molecule has 0 bridgehead atoms. The summed E-state index contributed by atoms with van der Waals surface area (Å²) in [6, 6.07) is 0. The van der Waals surface area contributed by atoms with Crippen LogP contribution in [0.2, 0.25) is 0 Å². The first-order chi connectivity index (χ1) is 7.76. The fourth-order valence-electron chi connectivity index (χ4n) is 2.03. The fourth-order valence-corrected chi connectivity index (χ4v) is 2.03. The molecular formula is C12H23NO3. The lowest BCUT2D eigenvalue weighted by atomic mass is 10.2. The van der Waals surface area contributed by atoms with Gasteiger partial charge in [0.15, 0.2) is 0 Å². The Balaban J connectivity index is 2.23. The lowest BCUT2D eigenvalue weighted by molar-refractivity contribution is -0.142. The van der Waals surface area contributed by atoms with Crippen molar-refractivity contribution in [1.82, 2.24) is 4.90 Å². The Morgan fingerprint density at radius 3 is 2.88 bits per heavy atom. The number of hydrogen-bond donors (Lipinski definition) is 0. The maximum atomic E-state index is 11.2. The Bertz CT molecular complexity index is 202. The van der Waals surface area contributed by atoms with Crippen molar-refractivity contribution in [1.29, 1.82) is 0 Å². The molecule has 0 aromatic heterocycles. The molecule has 0 amide bonds. The summed E-state index contributed by atoms with van der Waals surface area (Å²) < 4.78 is 10.3. The molecule has 1 aliphatic rings. The molecule has 0 saturated carbocycles. The van der Waals surface area contributed by atoms with Crippen molar-refractivity contribution in [2.75, 3.05) is 33.4 Å². The van der Waals surface area contributed by atoms with E-state index in [0.717, 1.165) is 39.0 Å². The fraction of sp³-hybridized carbons (Fsp3) is 0.917. The van der Waals surface area contributed by atoms with E-state index in [1.165, 1.54) is 13.5 Å². The van der Waals surface area contributed by atoms with Gasteiger partial charge in [0.05, 0.1) is 19.8 Å². The van der Waals surface area contributed by atoms with E-state index in [9.17, 15) is 4.79 Å². The maximum absolute atomic E-state index is 11.2. The van der Waals surface area contributed by atoms with Gasteiger partial charge < -0.3 is 9.47 Å². The molecule has 1 rings (SSSR count). The van der Waals surface area contributed by atoms with Gasteiger partial charge in [-0.2, -0.15) is 0 Å². The van der Waals surface area contributed by atoms with E-state index in [2.05, 4.69) is 16.6 Å². The summed E-state index contributed by atoms with van der Waals surface area (Å²) in [7, 11) is 1.44. The molecule has 1 heterocycles. The van der Waals surface area contributed by atoms with E-state index in [-0.39, 0.29) is 5.97 Å². The topological polar surface area (TPSA) is 38.8 Å². The van der Waals surface area contributed by atoms with Gasteiger partial charge in [0.25, 0.3) is 0 Å². The predicted octanol–water partition coefficient (Wildman–Crippen LogP) is 1.44. The first kappa shape index (κ1) is 13.5. The highest BCUT2D eigenvalue weighted by Gasteiger charge is 2.17. The summed E-state index contributed by atoms with van der Waals surface area (Å²) >= 11 is 0. The SMILES string of the molecule is CCCN(CCC1CCCO1)CC(=O)OC. The third-order valence-electron chi connectivity index (χ3n) is 2.91. The highest BCUT2D eigenvalue weighted by molar-refractivity contribution is 5.71. The maximum Gasteiger partial charge on any atom is 0.319 e. The molecule has 1 saturated heterocycles. The van der Waals surface area contributed by atoms with Crippen LogP contribution in [-0.4, -0.2) is 50.3 Å². The molecule has 0 aromatic carbocycles. The van der Waals surface area contributed by atoms with E-state index in [1.807, 2.05) is 0 Å². The largest absolute Gasteiger partial charge is 0.468 e. The van der Waals surface area contributed by atoms with Crippen LogP contribution >= 0.6 is 0 Å². The average molecular weight is 229 g/mol. The van der Waals surface area contributed by atoms with E-state index in [4.69, 9.17) is 4.74 Å². The second-order valence-corrected chi connectivity index (χ2v) is 4.28.